The number of aliphatic hydroxyl groups excluding tert-OH is 2. The zero-order valence-electron chi connectivity index (χ0n) is 16.1. The lowest BCUT2D eigenvalue weighted by molar-refractivity contribution is 0.123. The van der Waals surface area contributed by atoms with E-state index < -0.39 is 0 Å². The van der Waals surface area contributed by atoms with Gasteiger partial charge in [-0.1, -0.05) is 96.8 Å². The molecule has 2 heteroatoms. The second-order valence-electron chi connectivity index (χ2n) is 7.52. The highest BCUT2D eigenvalue weighted by Crippen LogP contribution is 2.17. The Bertz CT molecular complexity index is 216. The first kappa shape index (κ1) is 22.9. The minimum atomic E-state index is -0.279. The molecule has 0 aliphatic heterocycles. The van der Waals surface area contributed by atoms with Crippen LogP contribution in [0.2, 0.25) is 0 Å². The van der Waals surface area contributed by atoms with Crippen molar-refractivity contribution in [2.75, 3.05) is 6.61 Å². The molecule has 0 fully saturated rings. The van der Waals surface area contributed by atoms with Crippen molar-refractivity contribution in [3.05, 3.63) is 0 Å². The van der Waals surface area contributed by atoms with Crippen molar-refractivity contribution in [2.24, 2.45) is 5.92 Å². The second kappa shape index (κ2) is 18.3. The van der Waals surface area contributed by atoms with Gasteiger partial charge in [-0.15, -0.1) is 0 Å². The van der Waals surface area contributed by atoms with Crippen molar-refractivity contribution in [3.63, 3.8) is 0 Å². The predicted octanol–water partition coefficient (Wildman–Crippen LogP) is 6.24. The Hall–Kier alpha value is -0.0800. The van der Waals surface area contributed by atoms with Gasteiger partial charge in [-0.05, 0) is 25.7 Å². The lowest BCUT2D eigenvalue weighted by atomic mass is 9.95. The summed E-state index contributed by atoms with van der Waals surface area (Å²) in [6.07, 6.45) is 20.9. The number of rotatable bonds is 18. The van der Waals surface area contributed by atoms with Gasteiger partial charge in [0, 0.05) is 6.61 Å². The number of aliphatic hydroxyl groups is 2. The van der Waals surface area contributed by atoms with Crippen LogP contribution in [0.5, 0.6) is 0 Å². The van der Waals surface area contributed by atoms with Crippen LogP contribution in [-0.2, 0) is 0 Å². The van der Waals surface area contributed by atoms with Gasteiger partial charge in [-0.3, -0.25) is 0 Å². The first-order valence-electron chi connectivity index (χ1n) is 10.5. The minimum absolute atomic E-state index is 0.226. The summed E-state index contributed by atoms with van der Waals surface area (Å²) in [5.41, 5.74) is 0. The second-order valence-corrected chi connectivity index (χ2v) is 7.52. The first-order valence-corrected chi connectivity index (χ1v) is 10.5. The van der Waals surface area contributed by atoms with E-state index in [1.54, 1.807) is 0 Å². The number of hydrogen-bond donors (Lipinski definition) is 2. The van der Waals surface area contributed by atoms with Crippen LogP contribution in [0, 0.1) is 5.92 Å². The summed E-state index contributed by atoms with van der Waals surface area (Å²) in [4.78, 5) is 0. The van der Waals surface area contributed by atoms with E-state index >= 15 is 0 Å². The summed E-state index contributed by atoms with van der Waals surface area (Å²) in [7, 11) is 0. The smallest absolute Gasteiger partial charge is 0.0515 e. The van der Waals surface area contributed by atoms with Crippen LogP contribution in [0.3, 0.4) is 0 Å². The molecule has 0 saturated heterocycles. The highest BCUT2D eigenvalue weighted by molar-refractivity contribution is 4.61. The van der Waals surface area contributed by atoms with Crippen molar-refractivity contribution in [2.45, 2.75) is 123 Å². The third-order valence-corrected chi connectivity index (χ3v) is 4.90. The highest BCUT2D eigenvalue weighted by Gasteiger charge is 2.09. The van der Waals surface area contributed by atoms with Gasteiger partial charge in [-0.25, -0.2) is 0 Å². The fourth-order valence-corrected chi connectivity index (χ4v) is 3.39. The normalized spacial score (nSPS) is 14.1. The SMILES string of the molecule is CCCCCCCCCCCCCCCCC(CO)CC(C)O. The standard InChI is InChI=1S/C21H44O2/c1-3-4-5-6-7-8-9-10-11-12-13-14-15-16-17-21(19-22)18-20(2)23/h20-23H,3-19H2,1-2H3. The van der Waals surface area contributed by atoms with Gasteiger partial charge in [0.2, 0.25) is 0 Å². The Kier molecular flexibility index (Phi) is 18.2. The number of unbranched alkanes of at least 4 members (excludes halogenated alkanes) is 13. The molecule has 0 aromatic carbocycles. The summed E-state index contributed by atoms with van der Waals surface area (Å²) < 4.78 is 0. The fourth-order valence-electron chi connectivity index (χ4n) is 3.39. The lowest BCUT2D eigenvalue weighted by Gasteiger charge is -2.15. The maximum absolute atomic E-state index is 9.36. The van der Waals surface area contributed by atoms with E-state index in [-0.39, 0.29) is 12.7 Å². The van der Waals surface area contributed by atoms with E-state index in [1.807, 2.05) is 6.92 Å². The minimum Gasteiger partial charge on any atom is -0.396 e. The van der Waals surface area contributed by atoms with Crippen molar-refractivity contribution < 1.29 is 10.2 Å². The lowest BCUT2D eigenvalue weighted by Crippen LogP contribution is -2.13. The Labute approximate surface area is 146 Å². The summed E-state index contributed by atoms with van der Waals surface area (Å²) in [5.74, 6) is 0.298. The van der Waals surface area contributed by atoms with Crippen molar-refractivity contribution in [1.29, 1.82) is 0 Å². The third kappa shape index (κ3) is 18.1. The van der Waals surface area contributed by atoms with Gasteiger partial charge >= 0.3 is 0 Å². The molecule has 2 nitrogen and oxygen atoms in total. The quantitative estimate of drug-likeness (QED) is 0.292. The molecule has 0 aromatic heterocycles. The molecule has 0 aliphatic rings. The molecule has 0 rings (SSSR count). The number of hydrogen-bond acceptors (Lipinski definition) is 2. The van der Waals surface area contributed by atoms with E-state index in [4.69, 9.17) is 0 Å². The van der Waals surface area contributed by atoms with E-state index in [2.05, 4.69) is 6.92 Å². The Balaban J connectivity index is 3.15. The van der Waals surface area contributed by atoms with Gasteiger partial charge in [0.05, 0.1) is 6.10 Å². The van der Waals surface area contributed by atoms with Gasteiger partial charge in [0.15, 0.2) is 0 Å². The molecular weight excluding hydrogens is 284 g/mol. The molecule has 0 bridgehead atoms. The van der Waals surface area contributed by atoms with Crippen LogP contribution in [-0.4, -0.2) is 22.9 Å². The molecule has 0 radical (unpaired) electrons. The summed E-state index contributed by atoms with van der Waals surface area (Å²) >= 11 is 0. The summed E-state index contributed by atoms with van der Waals surface area (Å²) in [6.45, 7) is 4.32. The molecule has 2 N–H and O–H groups in total. The van der Waals surface area contributed by atoms with Crippen LogP contribution < -0.4 is 0 Å². The molecule has 0 heterocycles. The first-order chi connectivity index (χ1) is 11.2. The molecule has 0 aromatic rings. The average molecular weight is 329 g/mol. The van der Waals surface area contributed by atoms with E-state index in [0.29, 0.717) is 5.92 Å². The maximum atomic E-state index is 9.36. The third-order valence-electron chi connectivity index (χ3n) is 4.90. The monoisotopic (exact) mass is 328 g/mol. The Morgan fingerprint density at radius 1 is 0.652 bits per heavy atom. The van der Waals surface area contributed by atoms with Gasteiger partial charge in [-0.2, -0.15) is 0 Å². The van der Waals surface area contributed by atoms with E-state index in [0.717, 1.165) is 12.8 Å². The van der Waals surface area contributed by atoms with Crippen molar-refractivity contribution in [1.82, 2.24) is 0 Å². The molecule has 0 spiro atoms. The van der Waals surface area contributed by atoms with Crippen LogP contribution in [0.25, 0.3) is 0 Å². The molecule has 140 valence electrons. The molecule has 0 aliphatic carbocycles. The zero-order chi connectivity index (χ0) is 17.2. The Morgan fingerprint density at radius 3 is 1.39 bits per heavy atom. The van der Waals surface area contributed by atoms with Crippen LogP contribution >= 0.6 is 0 Å². The summed E-state index contributed by atoms with van der Waals surface area (Å²) in [5, 5.41) is 18.6. The largest absolute Gasteiger partial charge is 0.396 e. The fraction of sp³-hybridized carbons (Fsp3) is 1.00. The molecule has 2 atom stereocenters. The molecule has 0 amide bonds. The van der Waals surface area contributed by atoms with Crippen LogP contribution in [0.15, 0.2) is 0 Å². The molecule has 23 heavy (non-hydrogen) atoms. The summed E-state index contributed by atoms with van der Waals surface area (Å²) in [6, 6.07) is 0. The van der Waals surface area contributed by atoms with Crippen LogP contribution in [0.4, 0.5) is 0 Å². The van der Waals surface area contributed by atoms with Gasteiger partial charge in [0.25, 0.3) is 0 Å². The van der Waals surface area contributed by atoms with Gasteiger partial charge < -0.3 is 10.2 Å². The molecule has 2 unspecified atom stereocenters. The average Bonchev–Trinajstić information content (AvgIpc) is 2.53. The molecular formula is C21H44O2. The molecule has 0 saturated carbocycles. The predicted molar refractivity (Wildman–Crippen MR) is 102 cm³/mol. The maximum Gasteiger partial charge on any atom is 0.0515 e. The van der Waals surface area contributed by atoms with Crippen molar-refractivity contribution in [3.8, 4) is 0 Å². The highest BCUT2D eigenvalue weighted by atomic mass is 16.3. The van der Waals surface area contributed by atoms with E-state index in [1.165, 1.54) is 89.9 Å². The topological polar surface area (TPSA) is 40.5 Å². The Morgan fingerprint density at radius 2 is 1.04 bits per heavy atom. The van der Waals surface area contributed by atoms with Gasteiger partial charge in [0.1, 0.15) is 0 Å². The van der Waals surface area contributed by atoms with Crippen molar-refractivity contribution >= 4 is 0 Å². The van der Waals surface area contributed by atoms with E-state index in [9.17, 15) is 10.2 Å². The zero-order valence-corrected chi connectivity index (χ0v) is 16.1. The van der Waals surface area contributed by atoms with Crippen LogP contribution in [0.1, 0.15) is 117 Å².